The summed E-state index contributed by atoms with van der Waals surface area (Å²) in [7, 11) is 0. The molecule has 0 saturated heterocycles. The van der Waals surface area contributed by atoms with Gasteiger partial charge in [-0.25, -0.2) is 0 Å². The molecule has 0 spiro atoms. The van der Waals surface area contributed by atoms with Gasteiger partial charge >= 0.3 is 11.9 Å². The van der Waals surface area contributed by atoms with Crippen LogP contribution in [-0.4, -0.2) is 53.3 Å². The number of ether oxygens (including phenoxy) is 1. The molecule has 0 aliphatic carbocycles. The Labute approximate surface area is 216 Å². The highest BCUT2D eigenvalue weighted by Gasteiger charge is 2.31. The number of carbonyl (C=O) groups excluding carboxylic acids is 4. The van der Waals surface area contributed by atoms with E-state index < -0.39 is 60.6 Å². The Hall–Kier alpha value is -4.01. The second kappa shape index (κ2) is 14.5. The minimum atomic E-state index is -1.42. The van der Waals surface area contributed by atoms with Gasteiger partial charge in [0.25, 0.3) is 0 Å². The summed E-state index contributed by atoms with van der Waals surface area (Å²) in [5, 5.41) is 14.1. The maximum atomic E-state index is 13.0. The van der Waals surface area contributed by atoms with Crippen molar-refractivity contribution < 1.29 is 33.8 Å². The molecule has 2 amide bonds. The van der Waals surface area contributed by atoms with Crippen LogP contribution in [-0.2, 0) is 41.6 Å². The summed E-state index contributed by atoms with van der Waals surface area (Å²) < 4.78 is 5.32. The van der Waals surface area contributed by atoms with Crippen LogP contribution >= 0.6 is 0 Å². The zero-order valence-electron chi connectivity index (χ0n) is 21.3. The Kier molecular flexibility index (Phi) is 11.5. The number of carbonyl (C=O) groups is 5. The molecule has 0 fully saturated rings. The standard InChI is InChI=1S/C28H34N2O7/c1-18(2)26(29-19(3)31)27(35)30-23(16-25(33)34)24(32)17-37-28(36)22(14-20-10-6-4-7-11-20)15-21-12-8-5-9-13-21/h4-13,18,22-23,26H,14-17H2,1-3H3,(H,29,31)(H,30,35)(H,33,34). The summed E-state index contributed by atoms with van der Waals surface area (Å²) in [6, 6.07) is 16.4. The first-order chi connectivity index (χ1) is 17.6. The number of amides is 2. The summed E-state index contributed by atoms with van der Waals surface area (Å²) in [6.07, 6.45) is 0.0974. The van der Waals surface area contributed by atoms with Crippen molar-refractivity contribution in [1.29, 1.82) is 0 Å². The lowest BCUT2D eigenvalue weighted by atomic mass is 9.92. The molecule has 2 unspecified atom stereocenters. The van der Waals surface area contributed by atoms with Crippen molar-refractivity contribution in [2.45, 2.75) is 52.1 Å². The third-order valence-electron chi connectivity index (χ3n) is 5.73. The van der Waals surface area contributed by atoms with E-state index in [-0.39, 0.29) is 5.92 Å². The zero-order valence-corrected chi connectivity index (χ0v) is 21.3. The second-order valence-electron chi connectivity index (χ2n) is 9.23. The van der Waals surface area contributed by atoms with Crippen LogP contribution in [0.2, 0.25) is 0 Å². The number of Topliss-reactive ketones (excluding diaryl/α,β-unsaturated/α-hetero) is 1. The van der Waals surface area contributed by atoms with E-state index in [9.17, 15) is 29.1 Å². The normalized spacial score (nSPS) is 12.5. The van der Waals surface area contributed by atoms with E-state index in [4.69, 9.17) is 4.74 Å². The SMILES string of the molecule is CC(=O)NC(C(=O)NC(CC(=O)O)C(=O)COC(=O)C(Cc1ccccc1)Cc1ccccc1)C(C)C. The molecule has 2 rings (SSSR count). The van der Waals surface area contributed by atoms with Crippen molar-refractivity contribution in [2.75, 3.05) is 6.61 Å². The Morgan fingerprint density at radius 3 is 1.78 bits per heavy atom. The summed E-state index contributed by atoms with van der Waals surface area (Å²) in [5.41, 5.74) is 1.86. The van der Waals surface area contributed by atoms with Gasteiger partial charge in [-0.3, -0.25) is 24.0 Å². The fraction of sp³-hybridized carbons (Fsp3) is 0.393. The number of carboxylic acids is 1. The summed E-state index contributed by atoms with van der Waals surface area (Å²) >= 11 is 0. The molecular weight excluding hydrogens is 476 g/mol. The van der Waals surface area contributed by atoms with E-state index in [0.29, 0.717) is 12.8 Å². The molecule has 9 heteroatoms. The number of hydrogen-bond acceptors (Lipinski definition) is 6. The average Bonchev–Trinajstić information content (AvgIpc) is 2.85. The third kappa shape index (κ3) is 10.2. The second-order valence-corrected chi connectivity index (χ2v) is 9.23. The molecule has 3 N–H and O–H groups in total. The van der Waals surface area contributed by atoms with E-state index in [0.717, 1.165) is 11.1 Å². The monoisotopic (exact) mass is 510 g/mol. The Morgan fingerprint density at radius 2 is 1.35 bits per heavy atom. The fourth-order valence-corrected chi connectivity index (χ4v) is 3.83. The van der Waals surface area contributed by atoms with Crippen molar-refractivity contribution >= 4 is 29.5 Å². The van der Waals surface area contributed by atoms with E-state index in [1.165, 1.54) is 6.92 Å². The van der Waals surface area contributed by atoms with Crippen molar-refractivity contribution in [1.82, 2.24) is 10.6 Å². The molecular formula is C28H34N2O7. The van der Waals surface area contributed by atoms with Crippen LogP contribution < -0.4 is 10.6 Å². The van der Waals surface area contributed by atoms with Crippen molar-refractivity contribution in [3.63, 3.8) is 0 Å². The highest BCUT2D eigenvalue weighted by atomic mass is 16.5. The number of hydrogen-bond donors (Lipinski definition) is 3. The lowest BCUT2D eigenvalue weighted by Gasteiger charge is -2.24. The third-order valence-corrected chi connectivity index (χ3v) is 5.73. The highest BCUT2D eigenvalue weighted by Crippen LogP contribution is 2.17. The van der Waals surface area contributed by atoms with Gasteiger partial charge in [0.15, 0.2) is 12.4 Å². The first-order valence-corrected chi connectivity index (χ1v) is 12.1. The quantitative estimate of drug-likeness (QED) is 0.332. The number of rotatable bonds is 14. The number of esters is 1. The van der Waals surface area contributed by atoms with Gasteiger partial charge < -0.3 is 20.5 Å². The predicted octanol–water partition coefficient (Wildman–Crippen LogP) is 2.32. The number of carboxylic acid groups (broad SMARTS) is 1. The minimum Gasteiger partial charge on any atom is -0.481 e. The molecule has 0 aliphatic rings. The molecule has 198 valence electrons. The van der Waals surface area contributed by atoms with E-state index in [2.05, 4.69) is 10.6 Å². The Morgan fingerprint density at radius 1 is 0.838 bits per heavy atom. The molecule has 0 bridgehead atoms. The molecule has 2 atom stereocenters. The molecule has 2 aromatic rings. The van der Waals surface area contributed by atoms with E-state index in [1.807, 2.05) is 60.7 Å². The molecule has 0 radical (unpaired) electrons. The number of nitrogens with one attached hydrogen (secondary N) is 2. The zero-order chi connectivity index (χ0) is 27.4. The van der Waals surface area contributed by atoms with Crippen molar-refractivity contribution in [3.05, 3.63) is 71.8 Å². The van der Waals surface area contributed by atoms with Gasteiger partial charge in [-0.2, -0.15) is 0 Å². The molecule has 0 heterocycles. The van der Waals surface area contributed by atoms with Gasteiger partial charge in [0.05, 0.1) is 12.3 Å². The highest BCUT2D eigenvalue weighted by molar-refractivity contribution is 5.95. The largest absolute Gasteiger partial charge is 0.481 e. The first-order valence-electron chi connectivity index (χ1n) is 12.1. The maximum Gasteiger partial charge on any atom is 0.310 e. The van der Waals surface area contributed by atoms with Crippen molar-refractivity contribution in [2.24, 2.45) is 11.8 Å². The van der Waals surface area contributed by atoms with Gasteiger partial charge in [-0.1, -0.05) is 74.5 Å². The van der Waals surface area contributed by atoms with Crippen LogP contribution in [0.1, 0.15) is 38.3 Å². The van der Waals surface area contributed by atoms with Gasteiger partial charge in [-0.15, -0.1) is 0 Å². The van der Waals surface area contributed by atoms with Crippen LogP contribution in [0.3, 0.4) is 0 Å². The molecule has 0 aromatic heterocycles. The van der Waals surface area contributed by atoms with Crippen LogP contribution in [0.15, 0.2) is 60.7 Å². The molecule has 2 aromatic carbocycles. The van der Waals surface area contributed by atoms with E-state index in [1.54, 1.807) is 13.8 Å². The van der Waals surface area contributed by atoms with Crippen molar-refractivity contribution in [3.8, 4) is 0 Å². The summed E-state index contributed by atoms with van der Waals surface area (Å²) in [5.74, 6) is -4.67. The minimum absolute atomic E-state index is 0.306. The van der Waals surface area contributed by atoms with Crippen LogP contribution in [0.25, 0.3) is 0 Å². The average molecular weight is 511 g/mol. The molecule has 0 saturated carbocycles. The smallest absolute Gasteiger partial charge is 0.310 e. The number of aliphatic carboxylic acids is 1. The fourth-order valence-electron chi connectivity index (χ4n) is 3.83. The lowest BCUT2D eigenvalue weighted by molar-refractivity contribution is -0.153. The summed E-state index contributed by atoms with van der Waals surface area (Å²) in [4.78, 5) is 61.3. The molecule has 9 nitrogen and oxygen atoms in total. The Bertz CT molecular complexity index is 1030. The predicted molar refractivity (Wildman–Crippen MR) is 136 cm³/mol. The summed E-state index contributed by atoms with van der Waals surface area (Å²) in [6.45, 7) is 3.97. The number of ketones is 1. The molecule has 37 heavy (non-hydrogen) atoms. The van der Waals surface area contributed by atoms with Gasteiger partial charge in [0.1, 0.15) is 12.1 Å². The first kappa shape index (κ1) is 29.2. The van der Waals surface area contributed by atoms with Crippen LogP contribution in [0.4, 0.5) is 0 Å². The van der Waals surface area contributed by atoms with Crippen LogP contribution in [0, 0.1) is 11.8 Å². The topological polar surface area (TPSA) is 139 Å². The van der Waals surface area contributed by atoms with Crippen LogP contribution in [0.5, 0.6) is 0 Å². The molecule has 0 aliphatic heterocycles. The number of benzene rings is 2. The lowest BCUT2D eigenvalue weighted by Crippen LogP contribution is -2.54. The van der Waals surface area contributed by atoms with Gasteiger partial charge in [0.2, 0.25) is 11.8 Å². The van der Waals surface area contributed by atoms with E-state index >= 15 is 0 Å². The van der Waals surface area contributed by atoms with Gasteiger partial charge in [0, 0.05) is 6.92 Å². The Balaban J connectivity index is 2.10. The maximum absolute atomic E-state index is 13.0. The van der Waals surface area contributed by atoms with Gasteiger partial charge in [-0.05, 0) is 29.9 Å².